The summed E-state index contributed by atoms with van der Waals surface area (Å²) in [7, 11) is -7.44. The predicted molar refractivity (Wildman–Crippen MR) is 85.6 cm³/mol. The van der Waals surface area contributed by atoms with Crippen molar-refractivity contribution < 1.29 is 21.2 Å². The van der Waals surface area contributed by atoms with Crippen LogP contribution in [0.2, 0.25) is 0 Å². The van der Waals surface area contributed by atoms with Crippen molar-refractivity contribution >= 4 is 19.9 Å². The van der Waals surface area contributed by atoms with Gasteiger partial charge in [0.05, 0.1) is 11.2 Å². The molecular formula is C15H16FNO4S2. The summed E-state index contributed by atoms with van der Waals surface area (Å²) in [4.78, 5) is -0.0666. The number of halogens is 1. The van der Waals surface area contributed by atoms with Crippen LogP contribution in [0.15, 0.2) is 59.5 Å². The number of sulfonamides is 1. The molecule has 0 aromatic heterocycles. The minimum atomic E-state index is -3.89. The van der Waals surface area contributed by atoms with Crippen molar-refractivity contribution in [2.75, 3.05) is 12.8 Å². The number of hydrogen-bond acceptors (Lipinski definition) is 4. The largest absolute Gasteiger partial charge is 0.223 e. The Balaban J connectivity index is 2.45. The van der Waals surface area contributed by atoms with Crippen LogP contribution < -0.4 is 4.72 Å². The second-order valence-corrected chi connectivity index (χ2v) is 8.98. The minimum Gasteiger partial charge on any atom is -0.223 e. The molecule has 0 saturated carbocycles. The molecule has 0 aliphatic carbocycles. The first-order valence-corrected chi connectivity index (χ1v) is 10.1. The molecule has 8 heteroatoms. The van der Waals surface area contributed by atoms with Crippen molar-refractivity contribution in [2.45, 2.75) is 10.1 Å². The van der Waals surface area contributed by atoms with E-state index in [1.807, 2.05) is 0 Å². The number of sulfone groups is 1. The van der Waals surface area contributed by atoms with Gasteiger partial charge in [0.15, 0.2) is 9.84 Å². The quantitative estimate of drug-likeness (QED) is 0.801. The maximum Gasteiger partial charge on any atom is 0.208 e. The average molecular weight is 357 g/mol. The summed E-state index contributed by atoms with van der Waals surface area (Å²) >= 11 is 0. The molecule has 0 heterocycles. The molecule has 1 atom stereocenters. The highest BCUT2D eigenvalue weighted by atomic mass is 32.2. The maximum atomic E-state index is 13.0. The topological polar surface area (TPSA) is 80.3 Å². The Bertz CT molecular complexity index is 863. The van der Waals surface area contributed by atoms with E-state index < -0.39 is 30.9 Å². The summed E-state index contributed by atoms with van der Waals surface area (Å²) in [6.07, 6.45) is 0.958. The SMILES string of the molecule is CS(=O)(=O)NCC(c1ccccc1)S(=O)(=O)c1ccc(F)cc1. The molecule has 124 valence electrons. The standard InChI is InChI=1S/C15H16FNO4S2/c1-22(18,19)17-11-15(12-5-3-2-4-6-12)23(20,21)14-9-7-13(16)8-10-14/h2-10,15,17H,11H2,1H3. The van der Waals surface area contributed by atoms with Crippen LogP contribution in [0.3, 0.4) is 0 Å². The van der Waals surface area contributed by atoms with E-state index in [1.165, 1.54) is 12.1 Å². The zero-order chi connectivity index (χ0) is 17.1. The second-order valence-electron chi connectivity index (χ2n) is 5.02. The first kappa shape index (κ1) is 17.6. The molecule has 0 aliphatic heterocycles. The molecule has 23 heavy (non-hydrogen) atoms. The van der Waals surface area contributed by atoms with Gasteiger partial charge in [-0.05, 0) is 29.8 Å². The van der Waals surface area contributed by atoms with Crippen LogP contribution in [0.25, 0.3) is 0 Å². The molecule has 1 N–H and O–H groups in total. The molecule has 0 saturated heterocycles. The van der Waals surface area contributed by atoms with Gasteiger partial charge in [-0.2, -0.15) is 0 Å². The lowest BCUT2D eigenvalue weighted by atomic mass is 10.1. The van der Waals surface area contributed by atoms with E-state index in [4.69, 9.17) is 0 Å². The molecular weight excluding hydrogens is 341 g/mol. The van der Waals surface area contributed by atoms with Crippen LogP contribution in [0.4, 0.5) is 4.39 Å². The molecule has 0 bridgehead atoms. The smallest absolute Gasteiger partial charge is 0.208 e. The monoisotopic (exact) mass is 357 g/mol. The lowest BCUT2D eigenvalue weighted by Gasteiger charge is -2.18. The van der Waals surface area contributed by atoms with Gasteiger partial charge in [0.2, 0.25) is 10.0 Å². The van der Waals surface area contributed by atoms with E-state index >= 15 is 0 Å². The molecule has 0 radical (unpaired) electrons. The minimum absolute atomic E-state index is 0.0666. The third-order valence-corrected chi connectivity index (χ3v) is 6.03. The van der Waals surface area contributed by atoms with Gasteiger partial charge in [0, 0.05) is 6.54 Å². The molecule has 0 amide bonds. The molecule has 5 nitrogen and oxygen atoms in total. The van der Waals surface area contributed by atoms with E-state index in [0.717, 1.165) is 18.4 Å². The highest BCUT2D eigenvalue weighted by molar-refractivity contribution is 7.92. The zero-order valence-electron chi connectivity index (χ0n) is 12.3. The summed E-state index contributed by atoms with van der Waals surface area (Å²) in [6.45, 7) is -0.303. The Morgan fingerprint density at radius 3 is 2.04 bits per heavy atom. The van der Waals surface area contributed by atoms with Gasteiger partial charge in [-0.15, -0.1) is 0 Å². The molecule has 0 aliphatic rings. The average Bonchev–Trinajstić information content (AvgIpc) is 2.47. The van der Waals surface area contributed by atoms with Crippen LogP contribution in [-0.4, -0.2) is 29.6 Å². The van der Waals surface area contributed by atoms with Gasteiger partial charge in [-0.1, -0.05) is 30.3 Å². The van der Waals surface area contributed by atoms with Gasteiger partial charge >= 0.3 is 0 Å². The molecule has 2 aromatic rings. The maximum absolute atomic E-state index is 13.0. The third-order valence-electron chi connectivity index (χ3n) is 3.22. The highest BCUT2D eigenvalue weighted by Crippen LogP contribution is 2.28. The summed E-state index contributed by atoms with van der Waals surface area (Å²) in [6, 6.07) is 12.7. The Morgan fingerprint density at radius 2 is 1.52 bits per heavy atom. The molecule has 2 rings (SSSR count). The van der Waals surface area contributed by atoms with E-state index in [0.29, 0.717) is 5.56 Å². The first-order valence-electron chi connectivity index (χ1n) is 6.69. The highest BCUT2D eigenvalue weighted by Gasteiger charge is 2.29. The predicted octanol–water partition coefficient (Wildman–Crippen LogP) is 1.89. The van der Waals surface area contributed by atoms with E-state index in [9.17, 15) is 21.2 Å². The number of nitrogens with one attached hydrogen (secondary N) is 1. The molecule has 0 spiro atoms. The van der Waals surface area contributed by atoms with Crippen molar-refractivity contribution in [3.63, 3.8) is 0 Å². The Labute approximate surface area is 135 Å². The van der Waals surface area contributed by atoms with Crippen LogP contribution in [0, 0.1) is 5.82 Å². The molecule has 2 aromatic carbocycles. The van der Waals surface area contributed by atoms with E-state index in [-0.39, 0.29) is 11.4 Å². The van der Waals surface area contributed by atoms with E-state index in [2.05, 4.69) is 4.72 Å². The summed E-state index contributed by atoms with van der Waals surface area (Å²) < 4.78 is 63.5. The fourth-order valence-electron chi connectivity index (χ4n) is 2.09. The van der Waals surface area contributed by atoms with Gasteiger partial charge in [-0.3, -0.25) is 0 Å². The number of rotatable bonds is 6. The Morgan fingerprint density at radius 1 is 0.957 bits per heavy atom. The zero-order valence-corrected chi connectivity index (χ0v) is 13.9. The van der Waals surface area contributed by atoms with Crippen molar-refractivity contribution in [3.8, 4) is 0 Å². The lowest BCUT2D eigenvalue weighted by molar-refractivity contribution is 0.571. The fraction of sp³-hybridized carbons (Fsp3) is 0.200. The van der Waals surface area contributed by atoms with Crippen LogP contribution >= 0.6 is 0 Å². The second kappa shape index (κ2) is 6.77. The lowest BCUT2D eigenvalue weighted by Crippen LogP contribution is -2.31. The first-order chi connectivity index (χ1) is 10.7. The van der Waals surface area contributed by atoms with Crippen molar-refractivity contribution in [3.05, 3.63) is 66.0 Å². The van der Waals surface area contributed by atoms with Crippen LogP contribution in [0.1, 0.15) is 10.8 Å². The van der Waals surface area contributed by atoms with Crippen molar-refractivity contribution in [1.82, 2.24) is 4.72 Å². The summed E-state index contributed by atoms with van der Waals surface area (Å²) in [5.74, 6) is -0.547. The van der Waals surface area contributed by atoms with Crippen LogP contribution in [-0.2, 0) is 19.9 Å². The Kier molecular flexibility index (Phi) is 5.18. The van der Waals surface area contributed by atoms with Crippen molar-refractivity contribution in [2.24, 2.45) is 0 Å². The molecule has 1 unspecified atom stereocenters. The fourth-order valence-corrected chi connectivity index (χ4v) is 4.33. The van der Waals surface area contributed by atoms with Gasteiger partial charge in [-0.25, -0.2) is 25.9 Å². The van der Waals surface area contributed by atoms with Gasteiger partial charge < -0.3 is 0 Å². The van der Waals surface area contributed by atoms with E-state index in [1.54, 1.807) is 30.3 Å². The number of benzene rings is 2. The van der Waals surface area contributed by atoms with Gasteiger partial charge in [0.1, 0.15) is 11.1 Å². The summed E-state index contributed by atoms with van der Waals surface area (Å²) in [5.41, 5.74) is 0.452. The number of hydrogen-bond donors (Lipinski definition) is 1. The molecule has 0 fully saturated rings. The third kappa shape index (κ3) is 4.60. The summed E-state index contributed by atoms with van der Waals surface area (Å²) in [5, 5.41) is -1.11. The van der Waals surface area contributed by atoms with Crippen molar-refractivity contribution in [1.29, 1.82) is 0 Å². The van der Waals surface area contributed by atoms with Gasteiger partial charge in [0.25, 0.3) is 0 Å². The normalized spacial score (nSPS) is 13.7. The van der Waals surface area contributed by atoms with Crippen LogP contribution in [0.5, 0.6) is 0 Å². The Hall–Kier alpha value is -1.77.